The molecule has 1 saturated carbocycles. The molecule has 2 aliphatic heterocycles. The summed E-state index contributed by atoms with van der Waals surface area (Å²) in [5.41, 5.74) is 0.578. The van der Waals surface area contributed by atoms with Crippen molar-refractivity contribution in [1.82, 2.24) is 9.97 Å². The second-order valence-corrected chi connectivity index (χ2v) is 10.2. The summed E-state index contributed by atoms with van der Waals surface area (Å²) in [6.45, 7) is 0.864. The van der Waals surface area contributed by atoms with Crippen molar-refractivity contribution in [2.75, 3.05) is 35.4 Å². The van der Waals surface area contributed by atoms with Crippen LogP contribution in [-0.2, 0) is 10.8 Å². The van der Waals surface area contributed by atoms with Crippen molar-refractivity contribution < 1.29 is 13.7 Å². The van der Waals surface area contributed by atoms with Gasteiger partial charge in [-0.1, -0.05) is 23.7 Å². The molecule has 9 heteroatoms. The Kier molecular flexibility index (Phi) is 5.19. The number of anilines is 2. The number of fused-ring (bicyclic) bond motifs is 1. The summed E-state index contributed by atoms with van der Waals surface area (Å²) in [7, 11) is -1.21. The van der Waals surface area contributed by atoms with E-state index in [0.717, 1.165) is 24.8 Å². The Morgan fingerprint density at radius 2 is 2.07 bits per heavy atom. The Bertz CT molecular complexity index is 966. The lowest BCUT2D eigenvalue weighted by molar-refractivity contribution is 0.119. The molecule has 3 unspecified atom stereocenters. The van der Waals surface area contributed by atoms with Gasteiger partial charge in [-0.05, 0) is 43.4 Å². The number of aromatic nitrogens is 2. The molecule has 160 valence electrons. The van der Waals surface area contributed by atoms with Gasteiger partial charge in [0.2, 0.25) is 5.95 Å². The number of piperidine rings is 1. The van der Waals surface area contributed by atoms with Crippen LogP contribution in [-0.4, -0.2) is 56.6 Å². The van der Waals surface area contributed by atoms with E-state index < -0.39 is 17.0 Å². The van der Waals surface area contributed by atoms with E-state index in [0.29, 0.717) is 40.5 Å². The number of benzene rings is 1. The van der Waals surface area contributed by atoms with Gasteiger partial charge in [-0.25, -0.2) is 9.37 Å². The number of halogens is 2. The van der Waals surface area contributed by atoms with E-state index in [9.17, 15) is 9.32 Å². The molecule has 1 saturated heterocycles. The molecular formula is C21H24ClFN4O2S. The molecular weight excluding hydrogens is 427 g/mol. The van der Waals surface area contributed by atoms with Gasteiger partial charge in [-0.3, -0.25) is 4.21 Å². The molecule has 0 amide bonds. The molecule has 3 heterocycles. The van der Waals surface area contributed by atoms with Crippen molar-refractivity contribution in [3.8, 4) is 0 Å². The number of hydrogen-bond acceptors (Lipinski definition) is 6. The number of alkyl halides is 1. The predicted molar refractivity (Wildman–Crippen MR) is 115 cm³/mol. The third kappa shape index (κ3) is 3.29. The lowest BCUT2D eigenvalue weighted by Crippen LogP contribution is -2.56. The van der Waals surface area contributed by atoms with E-state index in [-0.39, 0.29) is 24.6 Å². The minimum Gasteiger partial charge on any atom is -0.394 e. The summed E-state index contributed by atoms with van der Waals surface area (Å²) >= 11 is 5.96. The molecule has 0 bridgehead atoms. The Hall–Kier alpha value is -1.77. The number of aliphatic hydroxyl groups excluding tert-OH is 1. The summed E-state index contributed by atoms with van der Waals surface area (Å²) in [6.07, 6.45) is 3.98. The molecule has 1 aromatic carbocycles. The van der Waals surface area contributed by atoms with Crippen LogP contribution in [0.2, 0.25) is 5.02 Å². The third-order valence-electron chi connectivity index (χ3n) is 6.74. The Morgan fingerprint density at radius 3 is 2.70 bits per heavy atom. The van der Waals surface area contributed by atoms with Gasteiger partial charge in [-0.15, -0.1) is 0 Å². The van der Waals surface area contributed by atoms with Crippen LogP contribution < -0.4 is 9.80 Å². The minimum absolute atomic E-state index is 0.0159. The Labute approximate surface area is 182 Å². The smallest absolute Gasteiger partial charge is 0.227 e. The van der Waals surface area contributed by atoms with E-state index in [2.05, 4.69) is 4.98 Å². The largest absolute Gasteiger partial charge is 0.394 e. The first-order valence-corrected chi connectivity index (χ1v) is 12.0. The number of aliphatic hydroxyl groups is 1. The topological polar surface area (TPSA) is 69.6 Å². The number of hydrogen-bond donors (Lipinski definition) is 1. The number of rotatable bonds is 4. The van der Waals surface area contributed by atoms with Crippen LogP contribution in [0.1, 0.15) is 37.2 Å². The standard InChI is InChI=1S/C21H24ClFN4O2S/c22-15-4-2-14(3-5-15)16-6-9-26(11-17(16)23)20-24-10-18-19(25-20)27(13-30(18)29)21(12-28)7-1-8-21/h2-5,10,16-17,28H,1,6-9,11-13H2. The molecule has 0 radical (unpaired) electrons. The predicted octanol–water partition coefficient (Wildman–Crippen LogP) is 3.26. The maximum Gasteiger partial charge on any atom is 0.227 e. The van der Waals surface area contributed by atoms with E-state index in [1.165, 1.54) is 0 Å². The highest BCUT2D eigenvalue weighted by Gasteiger charge is 2.47. The third-order valence-corrected chi connectivity index (χ3v) is 8.27. The van der Waals surface area contributed by atoms with Crippen LogP contribution in [0.3, 0.4) is 0 Å². The first-order valence-electron chi connectivity index (χ1n) is 10.3. The van der Waals surface area contributed by atoms with Gasteiger partial charge in [0.25, 0.3) is 0 Å². The van der Waals surface area contributed by atoms with E-state index in [1.807, 2.05) is 21.9 Å². The molecule has 30 heavy (non-hydrogen) atoms. The van der Waals surface area contributed by atoms with E-state index in [1.54, 1.807) is 18.3 Å². The van der Waals surface area contributed by atoms with Crippen molar-refractivity contribution in [2.24, 2.45) is 0 Å². The fourth-order valence-corrected chi connectivity index (χ4v) is 6.16. The average Bonchev–Trinajstić information content (AvgIpc) is 3.05. The first kappa shape index (κ1) is 20.2. The van der Waals surface area contributed by atoms with Gasteiger partial charge in [0, 0.05) is 17.5 Å². The van der Waals surface area contributed by atoms with Crippen LogP contribution in [0, 0.1) is 0 Å². The van der Waals surface area contributed by atoms with Gasteiger partial charge < -0.3 is 14.9 Å². The van der Waals surface area contributed by atoms with E-state index >= 15 is 4.39 Å². The van der Waals surface area contributed by atoms with Gasteiger partial charge >= 0.3 is 0 Å². The number of nitrogens with zero attached hydrogens (tertiary/aromatic N) is 4. The second-order valence-electron chi connectivity index (χ2n) is 8.41. The SMILES string of the molecule is O=S1CN(C2(CO)CCC2)c2nc(N3CCC(c4ccc(Cl)cc4)C(F)C3)ncc21. The highest BCUT2D eigenvalue weighted by atomic mass is 35.5. The Morgan fingerprint density at radius 1 is 1.30 bits per heavy atom. The van der Waals surface area contributed by atoms with Crippen LogP contribution in [0.4, 0.5) is 16.2 Å². The summed E-state index contributed by atoms with van der Waals surface area (Å²) in [5.74, 6) is 1.24. The quantitative estimate of drug-likeness (QED) is 0.771. The van der Waals surface area contributed by atoms with Crippen LogP contribution in [0.25, 0.3) is 0 Å². The summed E-state index contributed by atoms with van der Waals surface area (Å²) in [5, 5.41) is 10.6. The van der Waals surface area contributed by atoms with Gasteiger partial charge in [0.05, 0.1) is 35.7 Å². The molecule has 3 aliphatic rings. The fraction of sp³-hybridized carbons (Fsp3) is 0.524. The fourth-order valence-electron chi connectivity index (χ4n) is 4.74. The van der Waals surface area contributed by atoms with E-state index in [4.69, 9.17) is 16.6 Å². The normalized spacial score (nSPS) is 27.6. The van der Waals surface area contributed by atoms with Crippen molar-refractivity contribution in [1.29, 1.82) is 0 Å². The lowest BCUT2D eigenvalue weighted by atomic mass is 9.76. The monoisotopic (exact) mass is 450 g/mol. The summed E-state index contributed by atoms with van der Waals surface area (Å²) in [6, 6.07) is 7.38. The van der Waals surface area contributed by atoms with Crippen LogP contribution in [0.5, 0.6) is 0 Å². The molecule has 1 N–H and O–H groups in total. The highest BCUT2D eigenvalue weighted by Crippen LogP contribution is 2.45. The molecule has 2 aromatic rings. The van der Waals surface area contributed by atoms with Gasteiger partial charge in [0.15, 0.2) is 5.82 Å². The Balaban J connectivity index is 1.37. The maximum atomic E-state index is 15.1. The molecule has 5 rings (SSSR count). The molecule has 6 nitrogen and oxygen atoms in total. The molecule has 1 aliphatic carbocycles. The van der Waals surface area contributed by atoms with Crippen molar-refractivity contribution >= 4 is 34.2 Å². The zero-order valence-corrected chi connectivity index (χ0v) is 18.1. The van der Waals surface area contributed by atoms with Gasteiger partial charge in [0.1, 0.15) is 16.9 Å². The molecule has 1 aromatic heterocycles. The minimum atomic E-state index is -1.21. The summed E-state index contributed by atoms with van der Waals surface area (Å²) in [4.78, 5) is 13.6. The van der Waals surface area contributed by atoms with Crippen LogP contribution in [0.15, 0.2) is 35.4 Å². The zero-order chi connectivity index (χ0) is 20.9. The van der Waals surface area contributed by atoms with Crippen molar-refractivity contribution in [3.05, 3.63) is 41.0 Å². The molecule has 0 spiro atoms. The highest BCUT2D eigenvalue weighted by molar-refractivity contribution is 7.85. The lowest BCUT2D eigenvalue weighted by Gasteiger charge is -2.47. The first-order chi connectivity index (χ1) is 14.5. The molecule has 2 fully saturated rings. The van der Waals surface area contributed by atoms with Crippen molar-refractivity contribution in [3.63, 3.8) is 0 Å². The summed E-state index contributed by atoms with van der Waals surface area (Å²) < 4.78 is 27.6. The van der Waals surface area contributed by atoms with Gasteiger partial charge in [-0.2, -0.15) is 4.98 Å². The van der Waals surface area contributed by atoms with Crippen molar-refractivity contribution in [2.45, 2.75) is 48.2 Å². The maximum absolute atomic E-state index is 15.1. The zero-order valence-electron chi connectivity index (χ0n) is 16.5. The average molecular weight is 451 g/mol. The van der Waals surface area contributed by atoms with Crippen LogP contribution >= 0.6 is 11.6 Å². The second kappa shape index (κ2) is 7.73. The molecule has 3 atom stereocenters.